The molecule has 2 unspecified atom stereocenters. The highest BCUT2D eigenvalue weighted by Crippen LogP contribution is 2.50. The lowest BCUT2D eigenvalue weighted by Crippen LogP contribution is -2.45. The van der Waals surface area contributed by atoms with Crippen LogP contribution in [0.2, 0.25) is 0 Å². The van der Waals surface area contributed by atoms with Gasteiger partial charge in [0.15, 0.2) is 5.78 Å². The van der Waals surface area contributed by atoms with Crippen LogP contribution in [0.1, 0.15) is 182 Å². The second-order valence-corrected chi connectivity index (χ2v) is 14.4. The molecule has 2 fully saturated rings. The van der Waals surface area contributed by atoms with Gasteiger partial charge in [0.1, 0.15) is 5.78 Å². The van der Waals surface area contributed by atoms with E-state index in [0.29, 0.717) is 22.8 Å². The van der Waals surface area contributed by atoms with E-state index < -0.39 is 0 Å². The zero-order valence-electron chi connectivity index (χ0n) is 30.9. The first-order chi connectivity index (χ1) is 20.7. The van der Waals surface area contributed by atoms with E-state index in [-0.39, 0.29) is 11.6 Å². The molecule has 1 amide bonds. The van der Waals surface area contributed by atoms with Gasteiger partial charge in [-0.25, -0.2) is 0 Å². The number of rotatable bonds is 11. The van der Waals surface area contributed by atoms with Gasteiger partial charge in [0, 0.05) is 31.5 Å². The molecule has 2 saturated carbocycles. The Morgan fingerprint density at radius 1 is 0.841 bits per heavy atom. The quantitative estimate of drug-likeness (QED) is 0.233. The molecule has 0 spiro atoms. The summed E-state index contributed by atoms with van der Waals surface area (Å²) in [6.07, 6.45) is 18.4. The van der Waals surface area contributed by atoms with E-state index in [2.05, 4.69) is 53.4 Å². The van der Waals surface area contributed by atoms with Crippen LogP contribution < -0.4 is 0 Å². The zero-order valence-corrected chi connectivity index (χ0v) is 30.9. The molecule has 0 N–H and O–H groups in total. The van der Waals surface area contributed by atoms with Gasteiger partial charge < -0.3 is 9.69 Å². The molecule has 0 aliphatic heterocycles. The number of hydrogen-bond donors (Lipinski definition) is 0. The van der Waals surface area contributed by atoms with Crippen molar-refractivity contribution in [3.63, 3.8) is 0 Å². The van der Waals surface area contributed by atoms with Crippen molar-refractivity contribution >= 4 is 17.5 Å². The molecule has 0 saturated heterocycles. The number of carbonyl (C=O) groups excluding carboxylic acids is 3. The normalized spacial score (nSPS) is 19.8. The SMILES string of the molecule is CCC(C)(C)C1CCC(C)(CN(C(C)=O)C2CCCCC2)C1.CCCC(C)=O.CCCCC.CCc1ccc(C(C)=O)cc1. The maximum absolute atomic E-state index is 12.2. The summed E-state index contributed by atoms with van der Waals surface area (Å²) >= 11 is 0. The van der Waals surface area contributed by atoms with Gasteiger partial charge in [0.2, 0.25) is 5.91 Å². The van der Waals surface area contributed by atoms with Gasteiger partial charge in [-0.15, -0.1) is 0 Å². The molecule has 4 nitrogen and oxygen atoms in total. The van der Waals surface area contributed by atoms with Crippen LogP contribution in [0.3, 0.4) is 0 Å². The largest absolute Gasteiger partial charge is 0.339 e. The van der Waals surface area contributed by atoms with Crippen LogP contribution in [0.4, 0.5) is 0 Å². The highest BCUT2D eigenvalue weighted by molar-refractivity contribution is 5.94. The minimum absolute atomic E-state index is 0.132. The topological polar surface area (TPSA) is 54.5 Å². The van der Waals surface area contributed by atoms with Gasteiger partial charge in [-0.2, -0.15) is 0 Å². The van der Waals surface area contributed by atoms with Crippen LogP contribution in [-0.2, 0) is 16.0 Å². The summed E-state index contributed by atoms with van der Waals surface area (Å²) in [5, 5.41) is 0. The predicted octanol–water partition coefficient (Wildman–Crippen LogP) is 11.4. The van der Waals surface area contributed by atoms with Gasteiger partial charge in [-0.3, -0.25) is 9.59 Å². The van der Waals surface area contributed by atoms with Crippen LogP contribution in [0, 0.1) is 16.7 Å². The molecule has 2 aliphatic carbocycles. The molecule has 0 heterocycles. The van der Waals surface area contributed by atoms with Crippen molar-refractivity contribution < 1.29 is 14.4 Å². The van der Waals surface area contributed by atoms with Crippen LogP contribution in [0.5, 0.6) is 0 Å². The molecule has 0 radical (unpaired) electrons. The Hall–Kier alpha value is -1.97. The number of nitrogens with zero attached hydrogens (tertiary/aromatic N) is 1. The molecule has 1 aromatic carbocycles. The maximum atomic E-state index is 12.2. The summed E-state index contributed by atoms with van der Waals surface area (Å²) in [7, 11) is 0. The van der Waals surface area contributed by atoms with Crippen LogP contribution in [-0.4, -0.2) is 35.0 Å². The minimum Gasteiger partial charge on any atom is -0.339 e. The van der Waals surface area contributed by atoms with Crippen molar-refractivity contribution in [3.05, 3.63) is 35.4 Å². The minimum atomic E-state index is 0.132. The smallest absolute Gasteiger partial charge is 0.219 e. The second-order valence-electron chi connectivity index (χ2n) is 14.4. The average molecular weight is 614 g/mol. The fraction of sp³-hybridized carbons (Fsp3) is 0.775. The lowest BCUT2D eigenvalue weighted by atomic mass is 9.74. The molecule has 1 aromatic rings. The summed E-state index contributed by atoms with van der Waals surface area (Å²) < 4.78 is 0. The molecule has 4 heteroatoms. The van der Waals surface area contributed by atoms with Gasteiger partial charge in [0.25, 0.3) is 0 Å². The average Bonchev–Trinajstić information content (AvgIpc) is 3.40. The van der Waals surface area contributed by atoms with E-state index >= 15 is 0 Å². The van der Waals surface area contributed by atoms with E-state index in [9.17, 15) is 14.4 Å². The van der Waals surface area contributed by atoms with E-state index in [4.69, 9.17) is 0 Å². The van der Waals surface area contributed by atoms with Crippen molar-refractivity contribution in [2.24, 2.45) is 16.7 Å². The maximum Gasteiger partial charge on any atom is 0.219 e. The highest BCUT2D eigenvalue weighted by atomic mass is 16.2. The number of benzene rings is 1. The Bertz CT molecular complexity index is 926. The van der Waals surface area contributed by atoms with Crippen molar-refractivity contribution in [2.75, 3.05) is 6.54 Å². The summed E-state index contributed by atoms with van der Waals surface area (Å²) in [4.78, 5) is 35.4. The number of unbranched alkanes of at least 4 members (excludes halogenated alkanes) is 2. The summed E-state index contributed by atoms with van der Waals surface area (Å²) in [5.41, 5.74) is 2.85. The lowest BCUT2D eigenvalue weighted by molar-refractivity contribution is -0.133. The number of ketones is 2. The molecule has 0 bridgehead atoms. The van der Waals surface area contributed by atoms with E-state index in [1.54, 1.807) is 20.8 Å². The molecule has 2 atom stereocenters. The van der Waals surface area contributed by atoms with Gasteiger partial charge in [-0.1, -0.05) is 125 Å². The van der Waals surface area contributed by atoms with Crippen LogP contribution in [0.15, 0.2) is 24.3 Å². The molecule has 2 aliphatic rings. The van der Waals surface area contributed by atoms with E-state index in [1.807, 2.05) is 31.2 Å². The Morgan fingerprint density at radius 3 is 1.77 bits per heavy atom. The Morgan fingerprint density at radius 2 is 1.41 bits per heavy atom. The fourth-order valence-corrected chi connectivity index (χ4v) is 6.40. The van der Waals surface area contributed by atoms with Crippen molar-refractivity contribution in [1.82, 2.24) is 4.90 Å². The first kappa shape index (κ1) is 42.0. The summed E-state index contributed by atoms with van der Waals surface area (Å²) in [6, 6.07) is 8.26. The van der Waals surface area contributed by atoms with E-state index in [0.717, 1.165) is 37.3 Å². The van der Waals surface area contributed by atoms with Gasteiger partial charge in [-0.05, 0) is 81.1 Å². The van der Waals surface area contributed by atoms with Gasteiger partial charge >= 0.3 is 0 Å². The number of hydrogen-bond acceptors (Lipinski definition) is 3. The van der Waals surface area contributed by atoms with Crippen LogP contribution in [0.25, 0.3) is 0 Å². The Labute approximate surface area is 273 Å². The highest BCUT2D eigenvalue weighted by Gasteiger charge is 2.43. The van der Waals surface area contributed by atoms with E-state index in [1.165, 1.54) is 82.6 Å². The fourth-order valence-electron chi connectivity index (χ4n) is 6.40. The van der Waals surface area contributed by atoms with Gasteiger partial charge in [0.05, 0.1) is 0 Å². The van der Waals surface area contributed by atoms with Crippen LogP contribution >= 0.6 is 0 Å². The lowest BCUT2D eigenvalue weighted by Gasteiger charge is -2.40. The first-order valence-electron chi connectivity index (χ1n) is 18.1. The number of carbonyl (C=O) groups is 3. The molecular weight excluding hydrogens is 542 g/mol. The predicted molar refractivity (Wildman–Crippen MR) is 190 cm³/mol. The monoisotopic (exact) mass is 614 g/mol. The van der Waals surface area contributed by atoms with Crippen molar-refractivity contribution in [3.8, 4) is 0 Å². The number of aryl methyl sites for hydroxylation is 1. The summed E-state index contributed by atoms with van der Waals surface area (Å²) in [6.45, 7) is 24.1. The molecule has 3 rings (SSSR count). The number of Topliss-reactive ketones (excluding diaryl/α,β-unsaturated/α-hetero) is 2. The summed E-state index contributed by atoms with van der Waals surface area (Å²) in [5.74, 6) is 1.54. The Kier molecular flexibility index (Phi) is 21.5. The standard InChI is InChI=1S/C20H37NO.C10H12O.C5H10O.C5H12/c1-6-19(3,4)17-12-13-20(5,14-17)15-21(16(2)22)18-10-8-7-9-11-18;1-3-9-4-6-10(7-5-9)8(2)11;1-3-4-5(2)6;1-3-5-4-2/h17-18H,6-15H2,1-5H3;4-7H,3H2,1-2H3;3-4H2,1-2H3;3-5H2,1-2H3. The third kappa shape index (κ3) is 16.9. The van der Waals surface area contributed by atoms with Crippen molar-refractivity contribution in [1.29, 1.82) is 0 Å². The third-order valence-corrected chi connectivity index (χ3v) is 9.90. The molecule has 0 aromatic heterocycles. The zero-order chi connectivity index (χ0) is 33.8. The first-order valence-corrected chi connectivity index (χ1v) is 18.1. The molecule has 254 valence electrons. The third-order valence-electron chi connectivity index (χ3n) is 9.90. The number of amides is 1. The molecular formula is C40H71NO3. The second kappa shape index (κ2) is 22.5. The van der Waals surface area contributed by atoms with Crippen molar-refractivity contribution in [2.45, 2.75) is 179 Å². The molecule has 44 heavy (non-hydrogen) atoms. The Balaban J connectivity index is 0.000000694.